The molecule has 0 spiro atoms. The molecule has 3 amide bonds. The lowest BCUT2D eigenvalue weighted by Gasteiger charge is -2.36. The van der Waals surface area contributed by atoms with Gasteiger partial charge in [-0.3, -0.25) is 24.6 Å². The molecule has 2 N–H and O–H groups in total. The van der Waals surface area contributed by atoms with Crippen molar-refractivity contribution in [3.63, 3.8) is 0 Å². The van der Waals surface area contributed by atoms with E-state index in [1.807, 2.05) is 70.3 Å². The van der Waals surface area contributed by atoms with E-state index in [1.54, 1.807) is 10.7 Å². The average molecular weight is 737 g/mol. The number of amides is 3. The fraction of sp³-hybridized carbons (Fsp3) is 0.436. The molecular formula is C39H45FN10O4. The maximum absolute atomic E-state index is 15.3. The van der Waals surface area contributed by atoms with Crippen molar-refractivity contribution in [2.45, 2.75) is 77.4 Å². The Balaban J connectivity index is 0.896. The van der Waals surface area contributed by atoms with E-state index in [4.69, 9.17) is 4.52 Å². The zero-order valence-electron chi connectivity index (χ0n) is 31.0. The van der Waals surface area contributed by atoms with Crippen LogP contribution in [0.3, 0.4) is 0 Å². The predicted octanol–water partition coefficient (Wildman–Crippen LogP) is 4.32. The lowest BCUT2D eigenvalue weighted by atomic mass is 9.92. The third kappa shape index (κ3) is 8.30. The molecule has 0 radical (unpaired) electrons. The number of alkyl halides is 1. The summed E-state index contributed by atoms with van der Waals surface area (Å²) in [5, 5.41) is 13.5. The van der Waals surface area contributed by atoms with E-state index in [9.17, 15) is 14.4 Å². The van der Waals surface area contributed by atoms with E-state index in [-0.39, 0.29) is 29.0 Å². The summed E-state index contributed by atoms with van der Waals surface area (Å²) in [5.41, 5.74) is 5.90. The molecule has 2 aliphatic rings. The van der Waals surface area contributed by atoms with E-state index in [0.717, 1.165) is 71.0 Å². The molecule has 5 aromatic rings. The maximum Gasteiger partial charge on any atom is 0.292 e. The number of nitrogens with one attached hydrogen (secondary N) is 2. The van der Waals surface area contributed by atoms with Gasteiger partial charge in [-0.2, -0.15) is 10.1 Å². The fourth-order valence-electron chi connectivity index (χ4n) is 6.92. The maximum atomic E-state index is 15.3. The number of aryl methyl sites for hydroxylation is 2. The van der Waals surface area contributed by atoms with E-state index in [0.29, 0.717) is 44.7 Å². The summed E-state index contributed by atoms with van der Waals surface area (Å²) in [6, 6.07) is 11.8. The zero-order chi connectivity index (χ0) is 38.0. The molecule has 2 fully saturated rings. The molecule has 0 aliphatic carbocycles. The number of anilines is 1. The minimum atomic E-state index is -0.979. The highest BCUT2D eigenvalue weighted by Crippen LogP contribution is 2.28. The topological polar surface area (TPSA) is 164 Å². The van der Waals surface area contributed by atoms with E-state index in [2.05, 4.69) is 45.6 Å². The van der Waals surface area contributed by atoms with Crippen molar-refractivity contribution < 1.29 is 23.3 Å². The summed E-state index contributed by atoms with van der Waals surface area (Å²) < 4.78 is 22.4. The van der Waals surface area contributed by atoms with Gasteiger partial charge in [-0.05, 0) is 66.6 Å². The van der Waals surface area contributed by atoms with Crippen molar-refractivity contribution in [2.24, 2.45) is 0 Å². The van der Waals surface area contributed by atoms with Crippen LogP contribution in [0.5, 0.6) is 0 Å². The molecule has 7 rings (SSSR count). The van der Waals surface area contributed by atoms with Gasteiger partial charge in [-0.25, -0.2) is 18.9 Å². The molecule has 54 heavy (non-hydrogen) atoms. The smallest absolute Gasteiger partial charge is 0.292 e. The Bertz CT molecular complexity index is 2150. The van der Waals surface area contributed by atoms with Gasteiger partial charge in [0.2, 0.25) is 17.7 Å². The van der Waals surface area contributed by atoms with Crippen LogP contribution in [0.4, 0.5) is 10.2 Å². The number of benzene rings is 1. The molecule has 4 aromatic heterocycles. The Morgan fingerprint density at radius 3 is 2.61 bits per heavy atom. The van der Waals surface area contributed by atoms with Gasteiger partial charge >= 0.3 is 0 Å². The predicted molar refractivity (Wildman–Crippen MR) is 199 cm³/mol. The first kappa shape index (κ1) is 36.8. The average Bonchev–Trinajstić information content (AvgIpc) is 3.83. The van der Waals surface area contributed by atoms with Crippen LogP contribution < -0.4 is 15.5 Å². The van der Waals surface area contributed by atoms with Crippen LogP contribution in [-0.2, 0) is 28.0 Å². The van der Waals surface area contributed by atoms with Gasteiger partial charge < -0.3 is 14.7 Å². The van der Waals surface area contributed by atoms with Gasteiger partial charge in [0.25, 0.3) is 11.7 Å². The van der Waals surface area contributed by atoms with Crippen molar-refractivity contribution in [1.82, 2.24) is 45.3 Å². The quantitative estimate of drug-likeness (QED) is 0.186. The molecule has 1 aromatic carbocycles. The lowest BCUT2D eigenvalue weighted by molar-refractivity contribution is -0.134. The van der Waals surface area contributed by atoms with Crippen LogP contribution in [-0.4, -0.2) is 91.2 Å². The van der Waals surface area contributed by atoms with Crippen LogP contribution in [0.1, 0.15) is 84.7 Å². The minimum Gasteiger partial charge on any atom is -0.354 e. The van der Waals surface area contributed by atoms with Crippen molar-refractivity contribution >= 4 is 29.1 Å². The van der Waals surface area contributed by atoms with E-state index < -0.39 is 12.1 Å². The second-order valence-corrected chi connectivity index (χ2v) is 15.2. The molecule has 6 heterocycles. The minimum absolute atomic E-state index is 0.00543. The monoisotopic (exact) mass is 736 g/mol. The second kappa shape index (κ2) is 15.4. The largest absolute Gasteiger partial charge is 0.354 e. The highest BCUT2D eigenvalue weighted by atomic mass is 19.1. The van der Waals surface area contributed by atoms with Gasteiger partial charge in [0, 0.05) is 69.1 Å². The highest BCUT2D eigenvalue weighted by Gasteiger charge is 2.29. The Labute approximate surface area is 312 Å². The number of carbonyl (C=O) groups is 3. The third-order valence-electron chi connectivity index (χ3n) is 10.1. The number of rotatable bonds is 11. The number of carbonyl (C=O) groups excluding carboxylic acids is 3. The Morgan fingerprint density at radius 2 is 1.91 bits per heavy atom. The van der Waals surface area contributed by atoms with Gasteiger partial charge in [-0.15, -0.1) is 0 Å². The van der Waals surface area contributed by atoms with E-state index >= 15 is 4.39 Å². The van der Waals surface area contributed by atoms with Gasteiger partial charge in [0.05, 0.1) is 17.1 Å². The molecule has 14 nitrogen and oxygen atoms in total. The Hall–Kier alpha value is -5.57. The van der Waals surface area contributed by atoms with Crippen LogP contribution in [0, 0.1) is 6.92 Å². The number of fused-ring (bicyclic) bond motifs is 1. The summed E-state index contributed by atoms with van der Waals surface area (Å²) in [6.45, 7) is 11.4. The molecule has 0 saturated carbocycles. The van der Waals surface area contributed by atoms with Crippen molar-refractivity contribution in [3.05, 3.63) is 89.1 Å². The summed E-state index contributed by atoms with van der Waals surface area (Å²) in [5.74, 6) is -0.0171. The standard InChI is InChI=1S/C39H45FN10O4/c1-24-17-26(6-7-27(24)19-42-37(53)35-46-38(54-47-35)39(2,3)4)34-31-18-25(21-50(31)44-23-43-34)5-9-29(40)22-48-13-15-49(16-14-48)32-11-8-28(20-41-32)30-10-12-33(51)45-36(30)52/h6-8,11,17-18,20-21,23,29-30H,5,9-10,12-16,19,22H2,1-4H3,(H,42,53)(H,45,51,52)/t29-,30?/m1/s1. The first-order chi connectivity index (χ1) is 25.9. The first-order valence-electron chi connectivity index (χ1n) is 18.4. The van der Waals surface area contributed by atoms with Gasteiger partial charge in [0.15, 0.2) is 0 Å². The molecule has 2 saturated heterocycles. The van der Waals surface area contributed by atoms with Crippen molar-refractivity contribution in [3.8, 4) is 11.3 Å². The molecule has 15 heteroatoms. The number of aromatic nitrogens is 6. The SMILES string of the molecule is Cc1cc(-c2ncnn3cc(CC[C@@H](F)CN4CCN(c5ccc(C6CCC(=O)NC6=O)cn5)CC4)cc23)ccc1CNC(=O)c1noc(C(C)(C)C)n1. The molecule has 1 unspecified atom stereocenters. The normalized spacial score (nSPS) is 17.5. The molecule has 2 aliphatic heterocycles. The second-order valence-electron chi connectivity index (χ2n) is 15.2. The van der Waals surface area contributed by atoms with Crippen LogP contribution in [0.2, 0.25) is 0 Å². The summed E-state index contributed by atoms with van der Waals surface area (Å²) in [7, 11) is 0. The highest BCUT2D eigenvalue weighted by molar-refractivity contribution is 6.00. The van der Waals surface area contributed by atoms with E-state index in [1.165, 1.54) is 6.33 Å². The number of pyridine rings is 1. The lowest BCUT2D eigenvalue weighted by Crippen LogP contribution is -2.48. The van der Waals surface area contributed by atoms with Crippen LogP contribution in [0.25, 0.3) is 16.8 Å². The number of piperidine rings is 1. The number of nitrogens with zero attached hydrogens (tertiary/aromatic N) is 8. The Kier molecular flexibility index (Phi) is 10.5. The number of halogens is 1. The molecule has 2 atom stereocenters. The first-order valence-corrected chi connectivity index (χ1v) is 18.4. The fourth-order valence-corrected chi connectivity index (χ4v) is 6.92. The number of hydrogen-bond donors (Lipinski definition) is 2. The Morgan fingerprint density at radius 1 is 1.09 bits per heavy atom. The number of hydrogen-bond acceptors (Lipinski definition) is 11. The third-order valence-corrected chi connectivity index (χ3v) is 10.1. The van der Waals surface area contributed by atoms with Gasteiger partial charge in [0.1, 0.15) is 18.3 Å². The summed E-state index contributed by atoms with van der Waals surface area (Å²) in [4.78, 5) is 54.1. The molecule has 282 valence electrons. The van der Waals surface area contributed by atoms with Gasteiger partial charge in [-0.1, -0.05) is 44.1 Å². The summed E-state index contributed by atoms with van der Waals surface area (Å²) >= 11 is 0. The summed E-state index contributed by atoms with van der Waals surface area (Å²) in [6.07, 6.45) is 5.99. The molecular weight excluding hydrogens is 691 g/mol. The number of piperazine rings is 1. The van der Waals surface area contributed by atoms with Crippen LogP contribution >= 0.6 is 0 Å². The molecule has 0 bridgehead atoms. The van der Waals surface area contributed by atoms with Crippen molar-refractivity contribution in [1.29, 1.82) is 0 Å². The van der Waals surface area contributed by atoms with Crippen molar-refractivity contribution in [2.75, 3.05) is 37.6 Å². The van der Waals surface area contributed by atoms with Crippen LogP contribution in [0.15, 0.2) is 59.6 Å². The zero-order valence-corrected chi connectivity index (χ0v) is 31.0. The number of imide groups is 1.